The van der Waals surface area contributed by atoms with Gasteiger partial charge in [0.1, 0.15) is 24.0 Å². The van der Waals surface area contributed by atoms with Gasteiger partial charge < -0.3 is 10.6 Å². The van der Waals surface area contributed by atoms with Gasteiger partial charge in [0.15, 0.2) is 11.7 Å². The molecule has 0 amide bonds. The molecule has 8 aromatic rings. The minimum absolute atomic E-state index is 0.324. The van der Waals surface area contributed by atoms with Crippen LogP contribution in [0.5, 0.6) is 0 Å². The first-order valence-corrected chi connectivity index (χ1v) is 20.6. The monoisotopic (exact) mass is 797 g/mol. The van der Waals surface area contributed by atoms with E-state index in [-0.39, 0.29) is 6.17 Å². The van der Waals surface area contributed by atoms with E-state index in [4.69, 9.17) is 20.0 Å². The van der Waals surface area contributed by atoms with E-state index in [2.05, 4.69) is 114 Å². The van der Waals surface area contributed by atoms with Crippen molar-refractivity contribution >= 4 is 23.3 Å². The van der Waals surface area contributed by atoms with Gasteiger partial charge in [-0.05, 0) is 62.7 Å². The second kappa shape index (κ2) is 17.0. The molecule has 2 aliphatic heterocycles. The van der Waals surface area contributed by atoms with Crippen LogP contribution in [0.3, 0.4) is 0 Å². The highest BCUT2D eigenvalue weighted by Gasteiger charge is 2.26. The molecule has 7 heteroatoms. The highest BCUT2D eigenvalue weighted by molar-refractivity contribution is 6.16. The quantitative estimate of drug-likeness (QED) is 0.152. The van der Waals surface area contributed by atoms with E-state index >= 15 is 0 Å². The zero-order valence-electron chi connectivity index (χ0n) is 33.6. The molecule has 0 spiro atoms. The number of aliphatic imine (C=N–C) groups is 4. The van der Waals surface area contributed by atoms with Crippen LogP contribution in [0.4, 0.5) is 0 Å². The summed E-state index contributed by atoms with van der Waals surface area (Å²) in [5.41, 5.74) is 12.4. The Morgan fingerprint density at radius 2 is 0.839 bits per heavy atom. The maximum atomic E-state index is 9.89. The van der Waals surface area contributed by atoms with Gasteiger partial charge in [0, 0.05) is 22.3 Å². The number of hydrogen-bond acceptors (Lipinski definition) is 7. The van der Waals surface area contributed by atoms with E-state index in [1.54, 1.807) is 0 Å². The summed E-state index contributed by atoms with van der Waals surface area (Å²) >= 11 is 0. The molecule has 0 saturated heterocycles. The van der Waals surface area contributed by atoms with Gasteiger partial charge in [-0.2, -0.15) is 5.26 Å². The van der Waals surface area contributed by atoms with Gasteiger partial charge in [-0.3, -0.25) is 0 Å². The summed E-state index contributed by atoms with van der Waals surface area (Å²) < 4.78 is 0. The lowest BCUT2D eigenvalue weighted by molar-refractivity contribution is 0.674. The van der Waals surface area contributed by atoms with Crippen molar-refractivity contribution in [1.29, 1.82) is 5.26 Å². The Kier molecular flexibility index (Phi) is 10.4. The molecule has 2 N–H and O–H groups in total. The van der Waals surface area contributed by atoms with Crippen molar-refractivity contribution < 1.29 is 0 Å². The number of hydrogen-bond donors (Lipinski definition) is 2. The van der Waals surface area contributed by atoms with E-state index < -0.39 is 6.17 Å². The molecule has 0 bridgehead atoms. The summed E-state index contributed by atoms with van der Waals surface area (Å²) in [5.74, 6) is 2.75. The Balaban J connectivity index is 1.08. The van der Waals surface area contributed by atoms with E-state index in [1.807, 2.05) is 115 Å². The predicted molar refractivity (Wildman–Crippen MR) is 251 cm³/mol. The fraction of sp³-hybridized carbons (Fsp3) is 0.0364. The first-order chi connectivity index (χ1) is 30.7. The van der Waals surface area contributed by atoms with Crippen LogP contribution in [-0.4, -0.2) is 23.3 Å². The molecule has 0 saturated carbocycles. The average molecular weight is 798 g/mol. The topological polar surface area (TPSA) is 97.3 Å². The molecule has 2 heterocycles. The number of nitrogens with zero attached hydrogens (tertiary/aromatic N) is 5. The fourth-order valence-corrected chi connectivity index (χ4v) is 8.01. The lowest BCUT2D eigenvalue weighted by Gasteiger charge is -2.26. The molecule has 294 valence electrons. The summed E-state index contributed by atoms with van der Waals surface area (Å²) in [6.45, 7) is 0. The Hall–Kier alpha value is -8.47. The Bertz CT molecular complexity index is 3080. The van der Waals surface area contributed by atoms with Crippen LogP contribution in [0.1, 0.15) is 51.3 Å². The number of nitrogens with one attached hydrogen (secondary N) is 2. The third kappa shape index (κ3) is 7.72. The second-order valence-electron chi connectivity index (χ2n) is 15.0. The van der Waals surface area contributed by atoms with Gasteiger partial charge in [0.25, 0.3) is 0 Å². The standard InChI is InChI=1S/C55H39N7/c56-36-44-26-13-14-29-45(44)41-27-17-28-42(34-41)53-58-50(38-20-7-2-8-21-38)59-54(60-53)43-32-33-47(49(35-43)37-18-5-1-6-19-37)46-30-15-16-31-48(46)55-61-51(39-22-9-3-10-23-39)57-52(62-55)40-24-11-4-12-25-40/h1-35,51,54H,(H,57,61,62)(H,58,59,60). The largest absolute Gasteiger partial charge is 0.344 e. The molecule has 10 rings (SSSR count). The van der Waals surface area contributed by atoms with Gasteiger partial charge >= 0.3 is 0 Å². The highest BCUT2D eigenvalue weighted by atomic mass is 15.2. The minimum Gasteiger partial charge on any atom is -0.344 e. The molecule has 0 fully saturated rings. The number of rotatable bonds is 9. The van der Waals surface area contributed by atoms with Crippen LogP contribution >= 0.6 is 0 Å². The third-order valence-corrected chi connectivity index (χ3v) is 11.1. The molecule has 2 aliphatic rings. The first-order valence-electron chi connectivity index (χ1n) is 20.6. The molecule has 2 atom stereocenters. The van der Waals surface area contributed by atoms with E-state index in [9.17, 15) is 5.26 Å². The Morgan fingerprint density at radius 1 is 0.355 bits per heavy atom. The summed E-state index contributed by atoms with van der Waals surface area (Å²) in [7, 11) is 0. The number of benzene rings is 8. The molecular weight excluding hydrogens is 759 g/mol. The van der Waals surface area contributed by atoms with Gasteiger partial charge in [0.05, 0.1) is 11.6 Å². The van der Waals surface area contributed by atoms with Crippen molar-refractivity contribution in [3.8, 4) is 39.4 Å². The van der Waals surface area contributed by atoms with Crippen LogP contribution in [-0.2, 0) is 0 Å². The van der Waals surface area contributed by atoms with E-state index in [1.165, 1.54) is 0 Å². The normalized spacial score (nSPS) is 15.7. The molecule has 2 unspecified atom stereocenters. The summed E-state index contributed by atoms with van der Waals surface area (Å²) in [5, 5.41) is 17.3. The van der Waals surface area contributed by atoms with Crippen molar-refractivity contribution in [2.45, 2.75) is 12.3 Å². The summed E-state index contributed by atoms with van der Waals surface area (Å²) in [6, 6.07) is 74.2. The predicted octanol–water partition coefficient (Wildman–Crippen LogP) is 11.6. The summed E-state index contributed by atoms with van der Waals surface area (Å²) in [4.78, 5) is 20.6. The zero-order valence-corrected chi connectivity index (χ0v) is 33.6. The molecule has 0 aromatic heterocycles. The minimum atomic E-state index is -0.458. The van der Waals surface area contributed by atoms with Gasteiger partial charge in [-0.1, -0.05) is 194 Å². The number of nitriles is 1. The molecule has 0 aliphatic carbocycles. The number of amidine groups is 4. The van der Waals surface area contributed by atoms with Crippen LogP contribution in [0, 0.1) is 11.3 Å². The van der Waals surface area contributed by atoms with Crippen molar-refractivity contribution in [2.24, 2.45) is 20.0 Å². The van der Waals surface area contributed by atoms with Crippen LogP contribution in [0.15, 0.2) is 232 Å². The third-order valence-electron chi connectivity index (χ3n) is 11.1. The fourth-order valence-electron chi connectivity index (χ4n) is 8.01. The highest BCUT2D eigenvalue weighted by Crippen LogP contribution is 2.38. The van der Waals surface area contributed by atoms with Crippen molar-refractivity contribution in [3.63, 3.8) is 0 Å². The second-order valence-corrected chi connectivity index (χ2v) is 15.0. The SMILES string of the molecule is N#Cc1ccccc1-c1cccc(C2=NC(c3ccccc3)=NC(c3ccc(-c4ccccc4C4=NC(c5ccccc5)=NC(c5ccccc5)N4)c(-c4ccccc4)c3)N2)c1. The molecule has 0 radical (unpaired) electrons. The van der Waals surface area contributed by atoms with E-state index in [0.717, 1.165) is 72.6 Å². The van der Waals surface area contributed by atoms with Crippen LogP contribution in [0.2, 0.25) is 0 Å². The Labute approximate surface area is 360 Å². The van der Waals surface area contributed by atoms with Crippen molar-refractivity contribution in [2.75, 3.05) is 0 Å². The molecule has 8 aromatic carbocycles. The van der Waals surface area contributed by atoms with E-state index in [0.29, 0.717) is 23.1 Å². The first kappa shape index (κ1) is 37.8. The van der Waals surface area contributed by atoms with Crippen LogP contribution in [0.25, 0.3) is 33.4 Å². The smallest absolute Gasteiger partial charge is 0.159 e. The van der Waals surface area contributed by atoms with Gasteiger partial charge in [-0.15, -0.1) is 0 Å². The van der Waals surface area contributed by atoms with Gasteiger partial charge in [0.2, 0.25) is 0 Å². The van der Waals surface area contributed by atoms with Gasteiger partial charge in [-0.25, -0.2) is 20.0 Å². The molecule has 62 heavy (non-hydrogen) atoms. The molecular formula is C55H39N7. The average Bonchev–Trinajstić information content (AvgIpc) is 3.37. The van der Waals surface area contributed by atoms with Crippen molar-refractivity contribution in [3.05, 3.63) is 251 Å². The van der Waals surface area contributed by atoms with Crippen molar-refractivity contribution in [1.82, 2.24) is 10.6 Å². The Morgan fingerprint density at radius 3 is 1.50 bits per heavy atom. The lowest BCUT2D eigenvalue weighted by Crippen LogP contribution is -2.34. The van der Waals surface area contributed by atoms with Crippen LogP contribution < -0.4 is 10.6 Å². The lowest BCUT2D eigenvalue weighted by atomic mass is 9.89. The maximum Gasteiger partial charge on any atom is 0.159 e. The molecule has 7 nitrogen and oxygen atoms in total. The summed E-state index contributed by atoms with van der Waals surface area (Å²) in [6.07, 6.45) is -0.783. The zero-order chi connectivity index (χ0) is 41.7. The maximum absolute atomic E-state index is 9.89.